The van der Waals surface area contributed by atoms with Crippen molar-refractivity contribution in [3.8, 4) is 5.75 Å². The summed E-state index contributed by atoms with van der Waals surface area (Å²) in [5.74, 6) is 1.08. The van der Waals surface area contributed by atoms with Crippen LogP contribution in [-0.4, -0.2) is 53.3 Å². The molecule has 0 aliphatic heterocycles. The van der Waals surface area contributed by atoms with Gasteiger partial charge in [-0.05, 0) is 37.1 Å². The number of nitro benzene ring substituents is 1. The molecule has 0 fully saturated rings. The molecule has 0 saturated heterocycles. The topological polar surface area (TPSA) is 125 Å². The molecule has 0 saturated carbocycles. The van der Waals surface area contributed by atoms with E-state index in [0.717, 1.165) is 11.9 Å². The molecule has 0 spiro atoms. The highest BCUT2D eigenvalue weighted by Gasteiger charge is 2.09. The van der Waals surface area contributed by atoms with E-state index < -0.39 is 11.0 Å². The van der Waals surface area contributed by atoms with Crippen molar-refractivity contribution in [3.63, 3.8) is 0 Å². The van der Waals surface area contributed by atoms with Crippen molar-refractivity contribution < 1.29 is 14.8 Å². The molecule has 0 bridgehead atoms. The molecule has 0 amide bonds. The molecule has 3 rings (SSSR count). The van der Waals surface area contributed by atoms with Gasteiger partial charge in [0.2, 0.25) is 0 Å². The summed E-state index contributed by atoms with van der Waals surface area (Å²) in [7, 11) is 0. The minimum atomic E-state index is -0.806. The normalized spacial score (nSPS) is 12.1. The summed E-state index contributed by atoms with van der Waals surface area (Å²) in [6, 6.07) is 13.9. The number of aromatic nitrogens is 1. The van der Waals surface area contributed by atoms with E-state index in [9.17, 15) is 15.2 Å². The van der Waals surface area contributed by atoms with Gasteiger partial charge in [-0.2, -0.15) is 0 Å². The number of H-pyrrole nitrogens is 1. The van der Waals surface area contributed by atoms with Crippen molar-refractivity contribution in [2.24, 2.45) is 4.99 Å². The Kier molecular flexibility index (Phi) is 10.2. The number of aliphatic hydroxyl groups excluding tert-OH is 1. The maximum atomic E-state index is 10.7. The minimum absolute atomic E-state index is 0. The maximum absolute atomic E-state index is 10.7. The molecule has 2 aromatic carbocycles. The molecule has 1 atom stereocenters. The summed E-state index contributed by atoms with van der Waals surface area (Å²) < 4.78 is 5.48. The van der Waals surface area contributed by atoms with Gasteiger partial charge in [0.05, 0.1) is 11.5 Å². The number of non-ortho nitro benzene ring substituents is 1. The number of nitro groups is 1. The van der Waals surface area contributed by atoms with Crippen LogP contribution < -0.4 is 15.4 Å². The first-order chi connectivity index (χ1) is 15.1. The number of aliphatic hydroxyl groups is 1. The van der Waals surface area contributed by atoms with Crippen LogP contribution in [0.5, 0.6) is 5.75 Å². The average Bonchev–Trinajstić information content (AvgIpc) is 3.19. The Morgan fingerprint density at radius 2 is 1.97 bits per heavy atom. The first-order valence-corrected chi connectivity index (χ1v) is 10.2. The Morgan fingerprint density at radius 1 is 1.22 bits per heavy atom. The quantitative estimate of drug-likeness (QED) is 0.101. The largest absolute Gasteiger partial charge is 0.491 e. The maximum Gasteiger partial charge on any atom is 0.269 e. The van der Waals surface area contributed by atoms with Gasteiger partial charge in [-0.1, -0.05) is 18.2 Å². The van der Waals surface area contributed by atoms with Crippen LogP contribution in [0.3, 0.4) is 0 Å². The highest BCUT2D eigenvalue weighted by Crippen LogP contribution is 2.18. The molecular formula is C22H28IN5O4. The summed E-state index contributed by atoms with van der Waals surface area (Å²) in [6.45, 7) is 3.58. The zero-order valence-electron chi connectivity index (χ0n) is 17.8. The van der Waals surface area contributed by atoms with Crippen molar-refractivity contribution in [1.29, 1.82) is 0 Å². The predicted molar refractivity (Wildman–Crippen MR) is 136 cm³/mol. The van der Waals surface area contributed by atoms with Crippen molar-refractivity contribution in [2.45, 2.75) is 19.4 Å². The molecule has 9 nitrogen and oxygen atoms in total. The summed E-state index contributed by atoms with van der Waals surface area (Å²) in [5, 5.41) is 28.5. The van der Waals surface area contributed by atoms with E-state index in [1.165, 1.54) is 35.2 Å². The summed E-state index contributed by atoms with van der Waals surface area (Å²) in [4.78, 5) is 17.9. The van der Waals surface area contributed by atoms with Crippen LogP contribution in [0, 0.1) is 10.1 Å². The number of aromatic amines is 1. The molecule has 32 heavy (non-hydrogen) atoms. The number of nitrogens with zero attached hydrogens (tertiary/aromatic N) is 2. The lowest BCUT2D eigenvalue weighted by atomic mass is 10.1. The van der Waals surface area contributed by atoms with Crippen molar-refractivity contribution in [1.82, 2.24) is 15.6 Å². The molecule has 10 heteroatoms. The Balaban J connectivity index is 0.00000363. The number of ether oxygens (including phenoxy) is 1. The molecule has 1 unspecified atom stereocenters. The number of fused-ring (bicyclic) bond motifs is 1. The SMILES string of the molecule is CCNC(=NCC(O)COc1ccc([N+](=O)[O-])cc1)NCCc1c[nH]c2ccccc12.I. The fourth-order valence-electron chi connectivity index (χ4n) is 3.10. The fraction of sp³-hybridized carbons (Fsp3) is 0.318. The monoisotopic (exact) mass is 553 g/mol. The highest BCUT2D eigenvalue weighted by molar-refractivity contribution is 14.0. The van der Waals surface area contributed by atoms with E-state index in [-0.39, 0.29) is 42.8 Å². The molecule has 172 valence electrons. The average molecular weight is 553 g/mol. The molecule has 0 radical (unpaired) electrons. The van der Waals surface area contributed by atoms with Crippen molar-refractivity contribution in [3.05, 3.63) is 70.4 Å². The second-order valence-corrected chi connectivity index (χ2v) is 6.97. The Labute approximate surface area is 203 Å². The molecule has 1 heterocycles. The summed E-state index contributed by atoms with van der Waals surface area (Å²) in [5.41, 5.74) is 2.34. The molecule has 3 aromatic rings. The summed E-state index contributed by atoms with van der Waals surface area (Å²) >= 11 is 0. The van der Waals surface area contributed by atoms with E-state index >= 15 is 0 Å². The van der Waals surface area contributed by atoms with Crippen LogP contribution in [0.15, 0.2) is 59.7 Å². The van der Waals surface area contributed by atoms with Gasteiger partial charge in [-0.25, -0.2) is 0 Å². The zero-order valence-corrected chi connectivity index (χ0v) is 20.1. The number of aliphatic imine (C=N–C) groups is 1. The Morgan fingerprint density at radius 3 is 2.69 bits per heavy atom. The predicted octanol–water partition coefficient (Wildman–Crippen LogP) is 3.23. The van der Waals surface area contributed by atoms with Crippen LogP contribution in [0.2, 0.25) is 0 Å². The molecule has 0 aliphatic carbocycles. The number of hydrogen-bond donors (Lipinski definition) is 4. The van der Waals surface area contributed by atoms with E-state index in [1.54, 1.807) is 0 Å². The first kappa shape index (κ1) is 25.4. The smallest absolute Gasteiger partial charge is 0.269 e. The van der Waals surface area contributed by atoms with Crippen LogP contribution in [0.25, 0.3) is 10.9 Å². The van der Waals surface area contributed by atoms with Gasteiger partial charge >= 0.3 is 0 Å². The fourth-order valence-corrected chi connectivity index (χ4v) is 3.10. The standard InChI is InChI=1S/C22H27N5O4.HI/c1-2-23-22(24-12-11-16-13-25-21-6-4-3-5-20(16)21)26-14-18(28)15-31-19-9-7-17(8-10-19)27(29)30;/h3-10,13,18,25,28H,2,11-12,14-15H2,1H3,(H2,23,24,26);1H. The van der Waals surface area contributed by atoms with Gasteiger partial charge in [0, 0.05) is 42.3 Å². The van der Waals surface area contributed by atoms with Gasteiger partial charge in [0.15, 0.2) is 5.96 Å². The number of benzene rings is 2. The lowest BCUT2D eigenvalue weighted by molar-refractivity contribution is -0.384. The second kappa shape index (κ2) is 12.9. The first-order valence-electron chi connectivity index (χ1n) is 10.2. The molecule has 1 aromatic heterocycles. The number of guanidine groups is 1. The third kappa shape index (κ3) is 7.38. The van der Waals surface area contributed by atoms with Crippen LogP contribution in [0.1, 0.15) is 12.5 Å². The summed E-state index contributed by atoms with van der Waals surface area (Å²) in [6.07, 6.45) is 2.05. The lowest BCUT2D eigenvalue weighted by Gasteiger charge is -2.14. The third-order valence-corrected chi connectivity index (χ3v) is 4.66. The van der Waals surface area contributed by atoms with E-state index in [2.05, 4.69) is 32.7 Å². The number of para-hydroxylation sites is 1. The van der Waals surface area contributed by atoms with Gasteiger partial charge in [-0.15, -0.1) is 24.0 Å². The van der Waals surface area contributed by atoms with Crippen LogP contribution in [0.4, 0.5) is 5.69 Å². The molecule has 0 aliphatic rings. The highest BCUT2D eigenvalue weighted by atomic mass is 127. The Bertz CT molecular complexity index is 1020. The van der Waals surface area contributed by atoms with Gasteiger partial charge < -0.3 is 25.5 Å². The van der Waals surface area contributed by atoms with E-state index in [1.807, 2.05) is 25.3 Å². The number of rotatable bonds is 10. The van der Waals surface area contributed by atoms with Gasteiger partial charge in [-0.3, -0.25) is 15.1 Å². The van der Waals surface area contributed by atoms with E-state index in [0.29, 0.717) is 24.8 Å². The molecule has 4 N–H and O–H groups in total. The third-order valence-electron chi connectivity index (χ3n) is 4.66. The number of nitrogens with one attached hydrogen (secondary N) is 3. The van der Waals surface area contributed by atoms with Crippen molar-refractivity contribution in [2.75, 3.05) is 26.2 Å². The number of hydrogen-bond acceptors (Lipinski definition) is 5. The molecular weight excluding hydrogens is 525 g/mol. The van der Waals surface area contributed by atoms with Crippen LogP contribution in [-0.2, 0) is 6.42 Å². The minimum Gasteiger partial charge on any atom is -0.491 e. The lowest BCUT2D eigenvalue weighted by Crippen LogP contribution is -2.39. The Hall–Kier alpha value is -2.86. The van der Waals surface area contributed by atoms with Gasteiger partial charge in [0.1, 0.15) is 18.5 Å². The van der Waals surface area contributed by atoms with E-state index in [4.69, 9.17) is 4.74 Å². The van der Waals surface area contributed by atoms with Crippen LogP contribution >= 0.6 is 24.0 Å². The van der Waals surface area contributed by atoms with Crippen molar-refractivity contribution >= 4 is 46.5 Å². The second-order valence-electron chi connectivity index (χ2n) is 6.97. The number of halogens is 1. The van der Waals surface area contributed by atoms with Gasteiger partial charge in [0.25, 0.3) is 5.69 Å². The zero-order chi connectivity index (χ0) is 22.1.